The number of rotatable bonds is 5. The summed E-state index contributed by atoms with van der Waals surface area (Å²) in [5.41, 5.74) is 5.10. The molecule has 0 spiro atoms. The lowest BCUT2D eigenvalue weighted by Gasteiger charge is -2.30. The van der Waals surface area contributed by atoms with Crippen LogP contribution < -0.4 is 5.73 Å². The first kappa shape index (κ1) is 13.7. The third-order valence-corrected chi connectivity index (χ3v) is 5.08. The number of carbonyl (C=O) groups is 1. The van der Waals surface area contributed by atoms with E-state index in [1.807, 2.05) is 0 Å². The second-order valence-corrected chi connectivity index (χ2v) is 6.48. The Labute approximate surface area is 101 Å². The second kappa shape index (κ2) is 5.84. The van der Waals surface area contributed by atoms with Crippen LogP contribution in [0.4, 0.5) is 0 Å². The van der Waals surface area contributed by atoms with E-state index in [1.165, 1.54) is 4.31 Å². The van der Waals surface area contributed by atoms with Crippen LogP contribution in [-0.2, 0) is 14.8 Å². The van der Waals surface area contributed by atoms with Gasteiger partial charge in [0, 0.05) is 25.4 Å². The summed E-state index contributed by atoms with van der Waals surface area (Å²) in [7, 11) is -3.20. The Morgan fingerprint density at radius 1 is 1.38 bits per heavy atom. The van der Waals surface area contributed by atoms with Gasteiger partial charge in [-0.25, -0.2) is 12.7 Å². The van der Waals surface area contributed by atoms with Gasteiger partial charge in [0.25, 0.3) is 0 Å². The van der Waals surface area contributed by atoms with E-state index in [4.69, 9.17) is 17.3 Å². The third kappa shape index (κ3) is 3.92. The van der Waals surface area contributed by atoms with E-state index in [2.05, 4.69) is 0 Å². The van der Waals surface area contributed by atoms with Gasteiger partial charge in [-0.15, -0.1) is 11.6 Å². The summed E-state index contributed by atoms with van der Waals surface area (Å²) in [5, 5.41) is 0. The molecule has 0 unspecified atom stereocenters. The molecule has 0 bridgehead atoms. The minimum absolute atomic E-state index is 0.0188. The predicted molar refractivity (Wildman–Crippen MR) is 62.6 cm³/mol. The molecule has 0 saturated carbocycles. The first-order valence-electron chi connectivity index (χ1n) is 5.28. The topological polar surface area (TPSA) is 80.5 Å². The van der Waals surface area contributed by atoms with Crippen LogP contribution in [-0.4, -0.2) is 43.4 Å². The maximum atomic E-state index is 11.7. The van der Waals surface area contributed by atoms with E-state index in [0.29, 0.717) is 32.4 Å². The van der Waals surface area contributed by atoms with Gasteiger partial charge in [-0.1, -0.05) is 0 Å². The van der Waals surface area contributed by atoms with Gasteiger partial charge in [-0.2, -0.15) is 0 Å². The summed E-state index contributed by atoms with van der Waals surface area (Å²) < 4.78 is 24.8. The van der Waals surface area contributed by atoms with Crippen molar-refractivity contribution in [3.63, 3.8) is 0 Å². The molecule has 1 saturated heterocycles. The zero-order valence-corrected chi connectivity index (χ0v) is 10.6. The van der Waals surface area contributed by atoms with Gasteiger partial charge in [-0.05, 0) is 18.8 Å². The van der Waals surface area contributed by atoms with Crippen molar-refractivity contribution in [2.45, 2.75) is 19.3 Å². The molecular weight excluding hydrogens is 252 g/mol. The number of sulfonamides is 1. The Bertz CT molecular complexity index is 337. The van der Waals surface area contributed by atoms with Gasteiger partial charge < -0.3 is 5.73 Å². The van der Waals surface area contributed by atoms with Crippen LogP contribution in [0.25, 0.3) is 0 Å². The molecule has 1 amide bonds. The molecular formula is C9H17ClN2O3S. The van der Waals surface area contributed by atoms with Gasteiger partial charge in [0.05, 0.1) is 5.75 Å². The summed E-state index contributed by atoms with van der Waals surface area (Å²) in [4.78, 5) is 10.7. The molecule has 94 valence electrons. The van der Waals surface area contributed by atoms with Crippen molar-refractivity contribution in [1.82, 2.24) is 4.31 Å². The number of hydrogen-bond donors (Lipinski definition) is 1. The van der Waals surface area contributed by atoms with E-state index in [1.54, 1.807) is 0 Å². The average Bonchev–Trinajstić information content (AvgIpc) is 2.17. The fraction of sp³-hybridized carbons (Fsp3) is 0.889. The number of nitrogens with zero attached hydrogens (tertiary/aromatic N) is 1. The van der Waals surface area contributed by atoms with Crippen LogP contribution in [0.1, 0.15) is 19.3 Å². The number of piperidine rings is 1. The Morgan fingerprint density at radius 3 is 2.38 bits per heavy atom. The average molecular weight is 269 g/mol. The lowest BCUT2D eigenvalue weighted by Crippen LogP contribution is -2.40. The Balaban J connectivity index is 2.46. The summed E-state index contributed by atoms with van der Waals surface area (Å²) >= 11 is 5.44. The lowest BCUT2D eigenvalue weighted by atomic mass is 9.94. The molecule has 0 radical (unpaired) electrons. The minimum atomic E-state index is -3.20. The van der Waals surface area contributed by atoms with Crippen molar-refractivity contribution in [3.05, 3.63) is 0 Å². The molecule has 1 fully saturated rings. The highest BCUT2D eigenvalue weighted by molar-refractivity contribution is 7.89. The fourth-order valence-corrected chi connectivity index (χ4v) is 3.71. The monoisotopic (exact) mass is 268 g/mol. The van der Waals surface area contributed by atoms with Crippen LogP contribution in [0.5, 0.6) is 0 Å². The highest BCUT2D eigenvalue weighted by Gasteiger charge is 2.27. The SMILES string of the molecule is NC(=O)CC1CCN(S(=O)(=O)CCCl)CC1. The largest absolute Gasteiger partial charge is 0.370 e. The highest BCUT2D eigenvalue weighted by atomic mass is 35.5. The van der Waals surface area contributed by atoms with Crippen LogP contribution in [0.3, 0.4) is 0 Å². The third-order valence-electron chi connectivity index (χ3n) is 2.79. The maximum absolute atomic E-state index is 11.7. The van der Waals surface area contributed by atoms with Gasteiger partial charge in [0.15, 0.2) is 0 Å². The van der Waals surface area contributed by atoms with E-state index in [0.717, 1.165) is 0 Å². The highest BCUT2D eigenvalue weighted by Crippen LogP contribution is 2.22. The van der Waals surface area contributed by atoms with Crippen LogP contribution in [0, 0.1) is 5.92 Å². The van der Waals surface area contributed by atoms with E-state index in [9.17, 15) is 13.2 Å². The molecule has 1 rings (SSSR count). The van der Waals surface area contributed by atoms with Crippen molar-refractivity contribution in [1.29, 1.82) is 0 Å². The van der Waals surface area contributed by atoms with Crippen molar-refractivity contribution < 1.29 is 13.2 Å². The molecule has 7 heteroatoms. The summed E-state index contributed by atoms with van der Waals surface area (Å²) in [6.07, 6.45) is 1.75. The quantitative estimate of drug-likeness (QED) is 0.721. The summed E-state index contributed by atoms with van der Waals surface area (Å²) in [6.45, 7) is 0.939. The minimum Gasteiger partial charge on any atom is -0.370 e. The van der Waals surface area contributed by atoms with Crippen molar-refractivity contribution >= 4 is 27.5 Å². The standard InChI is InChI=1S/C9H17ClN2O3S/c10-3-6-16(14,15)12-4-1-8(2-5-12)7-9(11)13/h8H,1-7H2,(H2,11,13). The van der Waals surface area contributed by atoms with Gasteiger partial charge in [-0.3, -0.25) is 4.79 Å². The van der Waals surface area contributed by atoms with Gasteiger partial charge in [0.2, 0.25) is 15.9 Å². The second-order valence-electron chi connectivity index (χ2n) is 4.02. The number of hydrogen-bond acceptors (Lipinski definition) is 3. The fourth-order valence-electron chi connectivity index (χ4n) is 1.90. The molecule has 0 aromatic carbocycles. The zero-order chi connectivity index (χ0) is 12.2. The summed E-state index contributed by atoms with van der Waals surface area (Å²) in [6, 6.07) is 0. The van der Waals surface area contributed by atoms with E-state index >= 15 is 0 Å². The first-order chi connectivity index (χ1) is 7.45. The Morgan fingerprint density at radius 2 is 1.94 bits per heavy atom. The molecule has 16 heavy (non-hydrogen) atoms. The smallest absolute Gasteiger partial charge is 0.217 e. The Kier molecular flexibility index (Phi) is 5.01. The molecule has 0 atom stereocenters. The number of alkyl halides is 1. The van der Waals surface area contributed by atoms with Crippen molar-refractivity contribution in [2.24, 2.45) is 11.7 Å². The van der Waals surface area contributed by atoms with E-state index in [-0.39, 0.29) is 23.5 Å². The van der Waals surface area contributed by atoms with E-state index < -0.39 is 10.0 Å². The summed E-state index contributed by atoms with van der Waals surface area (Å²) in [5.74, 6) is 0.000468. The Hall–Kier alpha value is -0.330. The molecule has 1 heterocycles. The molecule has 0 aliphatic carbocycles. The number of carbonyl (C=O) groups excluding carboxylic acids is 1. The number of halogens is 1. The molecule has 1 aliphatic rings. The van der Waals surface area contributed by atoms with Crippen molar-refractivity contribution in [3.8, 4) is 0 Å². The number of amides is 1. The molecule has 0 aromatic rings. The predicted octanol–water partition coefficient (Wildman–Crippen LogP) is 0.142. The van der Waals surface area contributed by atoms with Gasteiger partial charge >= 0.3 is 0 Å². The molecule has 5 nitrogen and oxygen atoms in total. The normalized spacial score (nSPS) is 19.8. The molecule has 2 N–H and O–H groups in total. The molecule has 0 aromatic heterocycles. The zero-order valence-electron chi connectivity index (χ0n) is 9.06. The van der Waals surface area contributed by atoms with Crippen LogP contribution >= 0.6 is 11.6 Å². The lowest BCUT2D eigenvalue weighted by molar-refractivity contribution is -0.119. The van der Waals surface area contributed by atoms with Gasteiger partial charge in [0.1, 0.15) is 0 Å². The number of nitrogens with two attached hydrogens (primary N) is 1. The van der Waals surface area contributed by atoms with Crippen molar-refractivity contribution in [2.75, 3.05) is 24.7 Å². The maximum Gasteiger partial charge on any atom is 0.217 e. The number of primary amides is 1. The van der Waals surface area contributed by atoms with Crippen LogP contribution in [0.2, 0.25) is 0 Å². The van der Waals surface area contributed by atoms with Crippen LogP contribution in [0.15, 0.2) is 0 Å². The first-order valence-corrected chi connectivity index (χ1v) is 7.42. The molecule has 1 aliphatic heterocycles.